The average Bonchev–Trinajstić information content (AvgIpc) is 3.60. The average molecular weight is 445 g/mol. The van der Waals surface area contributed by atoms with Crippen LogP contribution in [-0.4, -0.2) is 44.8 Å². The molecule has 33 heavy (non-hydrogen) atoms. The molecule has 2 atom stereocenters. The zero-order valence-electron chi connectivity index (χ0n) is 18.9. The van der Waals surface area contributed by atoms with Crippen LogP contribution in [0.1, 0.15) is 31.7 Å². The maximum absolute atomic E-state index is 12.9. The van der Waals surface area contributed by atoms with Crippen molar-refractivity contribution in [2.75, 3.05) is 24.1 Å². The van der Waals surface area contributed by atoms with Gasteiger partial charge in [-0.2, -0.15) is 0 Å². The summed E-state index contributed by atoms with van der Waals surface area (Å²) >= 11 is 0. The van der Waals surface area contributed by atoms with Gasteiger partial charge in [0.2, 0.25) is 11.8 Å². The minimum atomic E-state index is 0.0196. The van der Waals surface area contributed by atoms with E-state index < -0.39 is 0 Å². The van der Waals surface area contributed by atoms with E-state index >= 15 is 0 Å². The summed E-state index contributed by atoms with van der Waals surface area (Å²) in [6.45, 7) is 5.22. The fourth-order valence-corrected chi connectivity index (χ4v) is 5.01. The molecule has 1 saturated carbocycles. The number of aromatic nitrogens is 3. The fraction of sp³-hybridized carbons (Fsp3) is 0.400. The molecule has 8 heteroatoms. The molecule has 3 aromatic heterocycles. The predicted molar refractivity (Wildman–Crippen MR) is 127 cm³/mol. The van der Waals surface area contributed by atoms with Gasteiger partial charge in [0.15, 0.2) is 0 Å². The lowest BCUT2D eigenvalue weighted by Gasteiger charge is -2.31. The van der Waals surface area contributed by atoms with Crippen LogP contribution in [0.25, 0.3) is 22.0 Å². The summed E-state index contributed by atoms with van der Waals surface area (Å²) in [4.78, 5) is 39.4. The number of nitrogens with zero attached hydrogens (tertiary/aromatic N) is 4. The van der Waals surface area contributed by atoms with Crippen molar-refractivity contribution < 1.29 is 9.59 Å². The van der Waals surface area contributed by atoms with E-state index in [1.807, 2.05) is 30.0 Å². The second-order valence-electron chi connectivity index (χ2n) is 9.21. The normalized spacial score (nSPS) is 20.6. The molecule has 3 aromatic rings. The summed E-state index contributed by atoms with van der Waals surface area (Å²) in [6.07, 6.45) is 8.05. The minimum Gasteiger partial charge on any atom is -0.383 e. The summed E-state index contributed by atoms with van der Waals surface area (Å²) in [6, 6.07) is 5.74. The van der Waals surface area contributed by atoms with Gasteiger partial charge < -0.3 is 16.0 Å². The van der Waals surface area contributed by atoms with Gasteiger partial charge >= 0.3 is 0 Å². The van der Waals surface area contributed by atoms with Gasteiger partial charge in [-0.3, -0.25) is 14.6 Å². The van der Waals surface area contributed by atoms with E-state index in [0.717, 1.165) is 59.9 Å². The highest BCUT2D eigenvalue weighted by atomic mass is 16.2. The molecule has 0 radical (unpaired) electrons. The van der Waals surface area contributed by atoms with Crippen LogP contribution < -0.4 is 11.1 Å². The smallest absolute Gasteiger partial charge is 0.228 e. The Morgan fingerprint density at radius 1 is 1.18 bits per heavy atom. The monoisotopic (exact) mass is 444 g/mol. The van der Waals surface area contributed by atoms with Crippen LogP contribution in [-0.2, 0) is 9.59 Å². The lowest BCUT2D eigenvalue weighted by atomic mass is 9.91. The number of piperidine rings is 1. The number of fused-ring (bicyclic) bond motifs is 1. The summed E-state index contributed by atoms with van der Waals surface area (Å²) < 4.78 is 0. The Balaban J connectivity index is 1.29. The lowest BCUT2D eigenvalue weighted by molar-refractivity contribution is -0.130. The molecular weight excluding hydrogens is 416 g/mol. The van der Waals surface area contributed by atoms with Crippen molar-refractivity contribution in [3.63, 3.8) is 0 Å². The van der Waals surface area contributed by atoms with Crippen molar-refractivity contribution >= 4 is 34.2 Å². The molecule has 5 rings (SSSR count). The molecule has 1 aliphatic heterocycles. The molecule has 0 spiro atoms. The van der Waals surface area contributed by atoms with E-state index in [1.165, 1.54) is 0 Å². The van der Waals surface area contributed by atoms with Gasteiger partial charge in [-0.1, -0.05) is 0 Å². The largest absolute Gasteiger partial charge is 0.383 e. The van der Waals surface area contributed by atoms with Crippen molar-refractivity contribution in [3.05, 3.63) is 42.4 Å². The fourth-order valence-electron chi connectivity index (χ4n) is 5.01. The third kappa shape index (κ3) is 4.25. The van der Waals surface area contributed by atoms with E-state index in [1.54, 1.807) is 25.5 Å². The molecule has 2 amide bonds. The van der Waals surface area contributed by atoms with Gasteiger partial charge in [0.1, 0.15) is 11.6 Å². The van der Waals surface area contributed by atoms with Gasteiger partial charge in [-0.15, -0.1) is 0 Å². The first kappa shape index (κ1) is 21.3. The number of aryl methyl sites for hydroxylation is 1. The van der Waals surface area contributed by atoms with E-state index in [-0.39, 0.29) is 17.7 Å². The molecule has 4 heterocycles. The topological polar surface area (TPSA) is 114 Å². The first-order valence-electron chi connectivity index (χ1n) is 11.4. The van der Waals surface area contributed by atoms with Crippen LogP contribution in [0.3, 0.4) is 0 Å². The Morgan fingerprint density at radius 3 is 2.70 bits per heavy atom. The van der Waals surface area contributed by atoms with Gasteiger partial charge in [0, 0.05) is 55.5 Å². The molecule has 0 aromatic carbocycles. The van der Waals surface area contributed by atoms with E-state index in [4.69, 9.17) is 5.73 Å². The molecule has 1 saturated heterocycles. The zero-order chi connectivity index (χ0) is 23.1. The van der Waals surface area contributed by atoms with Gasteiger partial charge in [-0.25, -0.2) is 9.97 Å². The maximum Gasteiger partial charge on any atom is 0.228 e. The molecule has 2 aliphatic rings. The van der Waals surface area contributed by atoms with Crippen LogP contribution in [0.4, 0.5) is 11.6 Å². The van der Waals surface area contributed by atoms with Crippen LogP contribution in [0, 0.1) is 24.7 Å². The number of anilines is 2. The number of nitrogens with one attached hydrogen (secondary N) is 1. The molecule has 1 aliphatic carbocycles. The Morgan fingerprint density at radius 2 is 1.97 bits per heavy atom. The number of likely N-dealkylation sites (tertiary alicyclic amines) is 1. The van der Waals surface area contributed by atoms with Crippen LogP contribution in [0.5, 0.6) is 0 Å². The first-order valence-corrected chi connectivity index (χ1v) is 11.4. The Hall–Kier alpha value is -3.55. The number of carbonyl (C=O) groups excluding carboxylic acids is 2. The minimum absolute atomic E-state index is 0.0196. The maximum atomic E-state index is 12.9. The zero-order valence-corrected chi connectivity index (χ0v) is 18.9. The third-order valence-corrected chi connectivity index (χ3v) is 7.08. The van der Waals surface area contributed by atoms with E-state index in [0.29, 0.717) is 23.5 Å². The highest BCUT2D eigenvalue weighted by Crippen LogP contribution is 2.48. The summed E-state index contributed by atoms with van der Waals surface area (Å²) in [5.74, 6) is 2.01. The summed E-state index contributed by atoms with van der Waals surface area (Å²) in [5.41, 5.74) is 8.93. The molecular formula is C25H28N6O2. The molecule has 3 N–H and O–H groups in total. The number of nitrogen functional groups attached to an aromatic ring is 1. The number of hydrogen-bond donors (Lipinski definition) is 2. The summed E-state index contributed by atoms with van der Waals surface area (Å²) in [5, 5.41) is 4.61. The number of nitrogens with two attached hydrogens (primary N) is 1. The number of hydrogen-bond acceptors (Lipinski definition) is 6. The van der Waals surface area contributed by atoms with Gasteiger partial charge in [-0.05, 0) is 67.2 Å². The molecule has 8 nitrogen and oxygen atoms in total. The SMILES string of the molecule is CC(=O)N1CCC([C@H]2C[C@@H]2C(=O)Nc2cc3cc(-c4cnccc4C)nc(N)c3cn2)CC1. The van der Waals surface area contributed by atoms with Crippen molar-refractivity contribution in [2.45, 2.75) is 33.1 Å². The Labute approximate surface area is 192 Å². The second-order valence-corrected chi connectivity index (χ2v) is 9.21. The molecule has 170 valence electrons. The Kier molecular flexibility index (Phi) is 5.44. The first-order chi connectivity index (χ1) is 15.9. The standard InChI is InChI=1S/C25H28N6O2/c1-14-3-6-27-12-20(14)22-9-17-10-23(28-13-21(17)24(26)29-22)30-25(33)19-11-18(19)16-4-7-31(8-5-16)15(2)32/h3,6,9-10,12-13,16,18-19H,4-5,7-8,11H2,1-2H3,(H2,26,29)(H,28,30,33)/t18-,19+/m1/s1. The molecule has 2 fully saturated rings. The molecule has 0 bridgehead atoms. The van der Waals surface area contributed by atoms with Crippen LogP contribution >= 0.6 is 0 Å². The van der Waals surface area contributed by atoms with Crippen molar-refractivity contribution in [1.82, 2.24) is 19.9 Å². The quantitative estimate of drug-likeness (QED) is 0.637. The number of amides is 2. The summed E-state index contributed by atoms with van der Waals surface area (Å²) in [7, 11) is 0. The van der Waals surface area contributed by atoms with Crippen LogP contribution in [0.2, 0.25) is 0 Å². The predicted octanol–water partition coefficient (Wildman–Crippen LogP) is 3.42. The van der Waals surface area contributed by atoms with E-state index in [2.05, 4.69) is 20.3 Å². The van der Waals surface area contributed by atoms with Gasteiger partial charge in [0.25, 0.3) is 0 Å². The molecule has 0 unspecified atom stereocenters. The van der Waals surface area contributed by atoms with Gasteiger partial charge in [0.05, 0.1) is 5.69 Å². The number of carbonyl (C=O) groups is 2. The number of rotatable bonds is 4. The highest BCUT2D eigenvalue weighted by molar-refractivity contribution is 5.98. The lowest BCUT2D eigenvalue weighted by Crippen LogP contribution is -2.37. The Bertz CT molecular complexity index is 1230. The van der Waals surface area contributed by atoms with Crippen LogP contribution in [0.15, 0.2) is 36.8 Å². The number of pyridine rings is 3. The highest BCUT2D eigenvalue weighted by Gasteiger charge is 2.48. The van der Waals surface area contributed by atoms with Crippen molar-refractivity contribution in [2.24, 2.45) is 17.8 Å². The second kappa shape index (κ2) is 8.42. The van der Waals surface area contributed by atoms with Crippen molar-refractivity contribution in [1.29, 1.82) is 0 Å². The van der Waals surface area contributed by atoms with Crippen molar-refractivity contribution in [3.8, 4) is 11.3 Å². The third-order valence-electron chi connectivity index (χ3n) is 7.08. The van der Waals surface area contributed by atoms with E-state index in [9.17, 15) is 9.59 Å².